The van der Waals surface area contributed by atoms with Crippen LogP contribution in [0.1, 0.15) is 16.7 Å². The summed E-state index contributed by atoms with van der Waals surface area (Å²) >= 11 is 0. The van der Waals surface area contributed by atoms with Crippen molar-refractivity contribution in [2.45, 2.75) is 27.0 Å². The number of alkyl halides is 2. The molecule has 1 N–H and O–H groups in total. The predicted molar refractivity (Wildman–Crippen MR) is 106 cm³/mol. The molecular formula is C21H18F5N3O3. The molecule has 0 fully saturated rings. The van der Waals surface area contributed by atoms with Crippen LogP contribution in [0.25, 0.3) is 0 Å². The molecule has 0 radical (unpaired) electrons. The second-order valence-electron chi connectivity index (χ2n) is 6.88. The van der Waals surface area contributed by atoms with Crippen LogP contribution in [0.5, 0.6) is 11.5 Å². The normalized spacial score (nSPS) is 11.0. The SMILES string of the molecule is COc1cn(Cc2cc(F)c(F)c(F)c2)c(Nc2cc(C)c(OC(F)F)cc2C)nc1=O. The number of nitrogens with one attached hydrogen (secondary N) is 1. The Kier molecular flexibility index (Phi) is 6.66. The summed E-state index contributed by atoms with van der Waals surface area (Å²) in [5.41, 5.74) is 0.664. The van der Waals surface area contributed by atoms with Crippen LogP contribution in [-0.4, -0.2) is 23.3 Å². The minimum Gasteiger partial charge on any atom is -0.490 e. The van der Waals surface area contributed by atoms with E-state index in [1.165, 1.54) is 30.0 Å². The summed E-state index contributed by atoms with van der Waals surface area (Å²) in [5, 5.41) is 2.91. The Hall–Kier alpha value is -3.63. The zero-order valence-electron chi connectivity index (χ0n) is 17.2. The van der Waals surface area contributed by atoms with Crippen LogP contribution in [0.3, 0.4) is 0 Å². The number of aryl methyl sites for hydroxylation is 2. The first-order valence-corrected chi connectivity index (χ1v) is 9.21. The number of anilines is 2. The number of halogens is 5. The van der Waals surface area contributed by atoms with Crippen molar-refractivity contribution in [2.24, 2.45) is 0 Å². The van der Waals surface area contributed by atoms with Gasteiger partial charge in [0.15, 0.2) is 17.5 Å². The quantitative estimate of drug-likeness (QED) is 0.414. The van der Waals surface area contributed by atoms with Gasteiger partial charge in [-0.25, -0.2) is 13.2 Å². The van der Waals surface area contributed by atoms with Crippen molar-refractivity contribution in [3.8, 4) is 11.5 Å². The predicted octanol–water partition coefficient (Wildman–Crippen LogP) is 4.68. The van der Waals surface area contributed by atoms with Crippen LogP contribution in [0.4, 0.5) is 33.6 Å². The van der Waals surface area contributed by atoms with E-state index in [9.17, 15) is 26.7 Å². The molecule has 11 heteroatoms. The standard InChI is InChI=1S/C21H18F5N3O3/c1-10-5-16(32-20(25)26)11(2)4-15(10)27-21-28-19(30)17(31-3)9-29(21)8-12-6-13(22)18(24)14(23)7-12/h4-7,9,20H,8H2,1-3H3,(H,27,28,30). The Morgan fingerprint density at radius 1 is 1.03 bits per heavy atom. The number of hydrogen-bond acceptors (Lipinski definition) is 5. The summed E-state index contributed by atoms with van der Waals surface area (Å²) in [7, 11) is 1.25. The molecule has 0 spiro atoms. The number of hydrogen-bond donors (Lipinski definition) is 1. The third-order valence-corrected chi connectivity index (χ3v) is 4.56. The van der Waals surface area contributed by atoms with Crippen LogP contribution >= 0.6 is 0 Å². The van der Waals surface area contributed by atoms with Gasteiger partial charge in [-0.15, -0.1) is 0 Å². The molecule has 0 aliphatic rings. The van der Waals surface area contributed by atoms with Gasteiger partial charge in [0.25, 0.3) is 0 Å². The van der Waals surface area contributed by atoms with Crippen molar-refractivity contribution in [1.29, 1.82) is 0 Å². The Morgan fingerprint density at radius 2 is 1.69 bits per heavy atom. The van der Waals surface area contributed by atoms with E-state index >= 15 is 0 Å². The molecule has 0 unspecified atom stereocenters. The minimum absolute atomic E-state index is 0.0135. The molecule has 1 aromatic heterocycles. The van der Waals surface area contributed by atoms with E-state index in [0.717, 1.165) is 12.1 Å². The van der Waals surface area contributed by atoms with E-state index in [2.05, 4.69) is 15.0 Å². The van der Waals surface area contributed by atoms with Crippen molar-refractivity contribution in [2.75, 3.05) is 12.4 Å². The zero-order valence-corrected chi connectivity index (χ0v) is 17.2. The highest BCUT2D eigenvalue weighted by Crippen LogP contribution is 2.29. The maximum atomic E-state index is 13.6. The van der Waals surface area contributed by atoms with Gasteiger partial charge in [0.2, 0.25) is 11.7 Å². The summed E-state index contributed by atoms with van der Waals surface area (Å²) in [6.45, 7) is -0.000508. The Labute approximate surface area is 179 Å². The molecule has 170 valence electrons. The summed E-state index contributed by atoms with van der Waals surface area (Å²) < 4.78 is 76.4. The fraction of sp³-hybridized carbons (Fsp3) is 0.238. The molecule has 0 atom stereocenters. The lowest BCUT2D eigenvalue weighted by atomic mass is 10.1. The fourth-order valence-electron chi connectivity index (χ4n) is 3.00. The molecule has 0 saturated heterocycles. The van der Waals surface area contributed by atoms with E-state index in [1.807, 2.05) is 0 Å². The number of nitrogens with zero attached hydrogens (tertiary/aromatic N) is 2. The molecule has 32 heavy (non-hydrogen) atoms. The summed E-state index contributed by atoms with van der Waals surface area (Å²) in [6.07, 6.45) is 1.27. The average molecular weight is 455 g/mol. The molecule has 2 aromatic carbocycles. The number of methoxy groups -OCH3 is 1. The monoisotopic (exact) mass is 455 g/mol. The van der Waals surface area contributed by atoms with Crippen molar-refractivity contribution in [3.63, 3.8) is 0 Å². The first-order chi connectivity index (χ1) is 15.1. The van der Waals surface area contributed by atoms with E-state index < -0.39 is 29.6 Å². The lowest BCUT2D eigenvalue weighted by molar-refractivity contribution is -0.0503. The van der Waals surface area contributed by atoms with Crippen LogP contribution in [0.15, 0.2) is 35.3 Å². The maximum Gasteiger partial charge on any atom is 0.387 e. The first-order valence-electron chi connectivity index (χ1n) is 9.21. The van der Waals surface area contributed by atoms with E-state index in [1.54, 1.807) is 13.8 Å². The lowest BCUT2D eigenvalue weighted by Crippen LogP contribution is -2.19. The van der Waals surface area contributed by atoms with E-state index in [-0.39, 0.29) is 29.6 Å². The highest BCUT2D eigenvalue weighted by molar-refractivity contribution is 5.62. The molecule has 0 saturated carbocycles. The second-order valence-corrected chi connectivity index (χ2v) is 6.88. The van der Waals surface area contributed by atoms with Gasteiger partial charge in [-0.2, -0.15) is 13.8 Å². The smallest absolute Gasteiger partial charge is 0.387 e. The van der Waals surface area contributed by atoms with E-state index in [0.29, 0.717) is 16.8 Å². The van der Waals surface area contributed by atoms with Crippen LogP contribution in [0, 0.1) is 31.3 Å². The van der Waals surface area contributed by atoms with Crippen LogP contribution in [0.2, 0.25) is 0 Å². The largest absolute Gasteiger partial charge is 0.490 e. The van der Waals surface area contributed by atoms with Gasteiger partial charge in [0.1, 0.15) is 5.75 Å². The number of ether oxygens (including phenoxy) is 2. The van der Waals surface area contributed by atoms with Gasteiger partial charge >= 0.3 is 12.2 Å². The van der Waals surface area contributed by atoms with Gasteiger partial charge < -0.3 is 19.4 Å². The third kappa shape index (κ3) is 4.98. The Bertz CT molecular complexity index is 1190. The Balaban J connectivity index is 2.03. The molecule has 1 heterocycles. The molecule has 3 rings (SSSR count). The van der Waals surface area contributed by atoms with Gasteiger partial charge in [0, 0.05) is 5.69 Å². The van der Waals surface area contributed by atoms with Crippen LogP contribution < -0.4 is 20.3 Å². The molecular weight excluding hydrogens is 437 g/mol. The van der Waals surface area contributed by atoms with Crippen molar-refractivity contribution < 1.29 is 31.4 Å². The molecule has 6 nitrogen and oxygen atoms in total. The second kappa shape index (κ2) is 9.25. The summed E-state index contributed by atoms with van der Waals surface area (Å²) in [4.78, 5) is 16.1. The van der Waals surface area contributed by atoms with Crippen molar-refractivity contribution >= 4 is 11.6 Å². The molecule has 0 aliphatic carbocycles. The highest BCUT2D eigenvalue weighted by Gasteiger charge is 2.16. The van der Waals surface area contributed by atoms with E-state index in [4.69, 9.17) is 4.74 Å². The van der Waals surface area contributed by atoms with Crippen molar-refractivity contribution in [1.82, 2.24) is 9.55 Å². The van der Waals surface area contributed by atoms with Gasteiger partial charge in [-0.05, 0) is 54.8 Å². The average Bonchev–Trinajstić information content (AvgIpc) is 2.71. The molecule has 3 aromatic rings. The molecule has 0 bridgehead atoms. The zero-order chi connectivity index (χ0) is 23.6. The number of aromatic nitrogens is 2. The molecule has 0 amide bonds. The third-order valence-electron chi connectivity index (χ3n) is 4.56. The number of benzene rings is 2. The van der Waals surface area contributed by atoms with Gasteiger partial charge in [0.05, 0.1) is 19.9 Å². The van der Waals surface area contributed by atoms with Crippen LogP contribution in [-0.2, 0) is 6.54 Å². The van der Waals surface area contributed by atoms with Gasteiger partial charge in [-0.1, -0.05) is 0 Å². The van der Waals surface area contributed by atoms with Gasteiger partial charge in [-0.3, -0.25) is 4.79 Å². The fourth-order valence-corrected chi connectivity index (χ4v) is 3.00. The first kappa shape index (κ1) is 23.0. The maximum absolute atomic E-state index is 13.6. The number of rotatable bonds is 7. The summed E-state index contributed by atoms with van der Waals surface area (Å²) in [6, 6.07) is 4.54. The lowest BCUT2D eigenvalue weighted by Gasteiger charge is -2.18. The summed E-state index contributed by atoms with van der Waals surface area (Å²) in [5.74, 6) is -4.49. The van der Waals surface area contributed by atoms with Crippen molar-refractivity contribution in [3.05, 3.63) is 75.0 Å². The molecule has 0 aliphatic heterocycles. The highest BCUT2D eigenvalue weighted by atomic mass is 19.3. The topological polar surface area (TPSA) is 65.4 Å². The Morgan fingerprint density at radius 3 is 2.28 bits per heavy atom. The minimum atomic E-state index is -2.99.